The quantitative estimate of drug-likeness (QED) is 0.359. The number of Topliss-reactive ketones (excluding diaryl/α,β-unsaturated/α-hetero) is 1. The fourth-order valence-corrected chi connectivity index (χ4v) is 8.04. The molecule has 0 heterocycles. The normalized spacial score (nSPS) is 11.2. The van der Waals surface area contributed by atoms with Crippen molar-refractivity contribution in [3.63, 3.8) is 0 Å². The maximum Gasteiger partial charge on any atom is 0.342 e. The number of hydrogen-bond donors (Lipinski definition) is 0. The van der Waals surface area contributed by atoms with Crippen LogP contribution in [0, 0.1) is 5.92 Å². The molecule has 0 amide bonds. The van der Waals surface area contributed by atoms with Gasteiger partial charge in [-0.2, -0.15) is 0 Å². The second-order valence-electron chi connectivity index (χ2n) is 7.04. The third-order valence-corrected chi connectivity index (χ3v) is 9.19. The molecule has 0 fully saturated rings. The molecule has 0 unspecified atom stereocenters. The molecule has 4 heteroatoms. The Balaban J connectivity index is 2.65. The summed E-state index contributed by atoms with van der Waals surface area (Å²) in [6.07, 6.45) is 0. The molecule has 0 saturated heterocycles. The molecule has 148 valence electrons. The van der Waals surface area contributed by atoms with Gasteiger partial charge in [-0.1, -0.05) is 105 Å². The number of esters is 1. The molecule has 3 nitrogen and oxygen atoms in total. The summed E-state index contributed by atoms with van der Waals surface area (Å²) in [5.41, 5.74) is 0. The Kier molecular flexibility index (Phi) is 6.51. The minimum atomic E-state index is -2.75. The maximum atomic E-state index is 13.5. The standard InChI is InChI=1S/C25H25O3P/c1-19(2)23(26)24(25(27)28-3)29(20-13-7-4-8-14-20,21-15-9-5-10-16-21)22-17-11-6-12-18-22/h4-19H,1-3H3. The Hall–Kier alpha value is -2.90. The molecule has 0 aliphatic heterocycles. The van der Waals surface area contributed by atoms with Crippen LogP contribution in [-0.2, 0) is 14.3 Å². The molecule has 0 spiro atoms. The second-order valence-corrected chi connectivity index (χ2v) is 10.4. The van der Waals surface area contributed by atoms with Crippen LogP contribution in [0.1, 0.15) is 13.8 Å². The Morgan fingerprint density at radius 1 is 0.690 bits per heavy atom. The van der Waals surface area contributed by atoms with Gasteiger partial charge in [0.25, 0.3) is 0 Å². The zero-order valence-corrected chi connectivity index (χ0v) is 17.8. The molecule has 0 atom stereocenters. The topological polar surface area (TPSA) is 43.4 Å². The largest absolute Gasteiger partial charge is 0.465 e. The summed E-state index contributed by atoms with van der Waals surface area (Å²) in [5.74, 6) is -1.07. The van der Waals surface area contributed by atoms with Gasteiger partial charge in [-0.25, -0.2) is 4.79 Å². The first-order valence-corrected chi connectivity index (χ1v) is 11.4. The Morgan fingerprint density at radius 3 is 1.31 bits per heavy atom. The van der Waals surface area contributed by atoms with Crippen LogP contribution in [0.3, 0.4) is 0 Å². The van der Waals surface area contributed by atoms with Crippen molar-refractivity contribution in [3.8, 4) is 0 Å². The molecule has 3 rings (SSSR count). The van der Waals surface area contributed by atoms with E-state index in [1.54, 1.807) is 0 Å². The van der Waals surface area contributed by atoms with Crippen LogP contribution in [0.5, 0.6) is 0 Å². The monoisotopic (exact) mass is 404 g/mol. The third-order valence-electron chi connectivity index (χ3n) is 4.90. The lowest BCUT2D eigenvalue weighted by Crippen LogP contribution is -2.39. The van der Waals surface area contributed by atoms with Crippen LogP contribution in [-0.4, -0.2) is 24.2 Å². The minimum Gasteiger partial charge on any atom is -0.465 e. The fourth-order valence-electron chi connectivity index (χ4n) is 3.56. The summed E-state index contributed by atoms with van der Waals surface area (Å²) in [5, 5.41) is 3.09. The van der Waals surface area contributed by atoms with E-state index in [-0.39, 0.29) is 17.0 Å². The second kappa shape index (κ2) is 9.07. The average Bonchev–Trinajstić information content (AvgIpc) is 2.78. The molecule has 3 aromatic rings. The van der Waals surface area contributed by atoms with Gasteiger partial charge in [-0.15, -0.1) is 0 Å². The number of benzene rings is 3. The van der Waals surface area contributed by atoms with Crippen molar-refractivity contribution in [2.24, 2.45) is 5.92 Å². The predicted molar refractivity (Wildman–Crippen MR) is 122 cm³/mol. The number of carbonyl (C=O) groups is 2. The van der Waals surface area contributed by atoms with Crippen molar-refractivity contribution in [1.29, 1.82) is 0 Å². The van der Waals surface area contributed by atoms with E-state index in [1.165, 1.54) is 7.11 Å². The molecule has 29 heavy (non-hydrogen) atoms. The van der Waals surface area contributed by atoms with Gasteiger partial charge in [-0.05, 0) is 22.8 Å². The zero-order valence-electron chi connectivity index (χ0n) is 16.9. The Morgan fingerprint density at radius 2 is 1.03 bits per heavy atom. The lowest BCUT2D eigenvalue weighted by Gasteiger charge is -2.31. The summed E-state index contributed by atoms with van der Waals surface area (Å²) in [4.78, 5) is 26.7. The van der Waals surface area contributed by atoms with Crippen LogP contribution >= 0.6 is 6.89 Å². The van der Waals surface area contributed by atoms with Crippen LogP contribution in [0.4, 0.5) is 0 Å². The van der Waals surface area contributed by atoms with Crippen molar-refractivity contribution < 1.29 is 14.3 Å². The molecule has 0 saturated carbocycles. The Labute approximate surface area is 172 Å². The van der Waals surface area contributed by atoms with E-state index in [0.29, 0.717) is 0 Å². The molecule has 0 aliphatic carbocycles. The minimum absolute atomic E-state index is 0.179. The lowest BCUT2D eigenvalue weighted by molar-refractivity contribution is -0.133. The fraction of sp³-hybridized carbons (Fsp3) is 0.160. The number of ketones is 1. The van der Waals surface area contributed by atoms with Crippen molar-refractivity contribution in [2.75, 3.05) is 7.11 Å². The van der Waals surface area contributed by atoms with E-state index in [1.807, 2.05) is 105 Å². The first-order chi connectivity index (χ1) is 14.0. The number of hydrogen-bond acceptors (Lipinski definition) is 3. The van der Waals surface area contributed by atoms with E-state index >= 15 is 0 Å². The van der Waals surface area contributed by atoms with E-state index in [9.17, 15) is 9.59 Å². The van der Waals surface area contributed by atoms with Crippen LogP contribution in [0.2, 0.25) is 0 Å². The van der Waals surface area contributed by atoms with E-state index in [4.69, 9.17) is 4.74 Å². The molecule has 0 bridgehead atoms. The number of methoxy groups -OCH3 is 1. The molecule has 0 aliphatic rings. The summed E-state index contributed by atoms with van der Waals surface area (Å²) in [7, 11) is 1.34. The van der Waals surface area contributed by atoms with Gasteiger partial charge in [0.05, 0.1) is 7.11 Å². The van der Waals surface area contributed by atoms with Crippen LogP contribution < -0.4 is 15.9 Å². The van der Waals surface area contributed by atoms with Crippen LogP contribution in [0.25, 0.3) is 0 Å². The van der Waals surface area contributed by atoms with Gasteiger partial charge in [0.1, 0.15) is 5.29 Å². The zero-order chi connectivity index (χ0) is 20.9. The summed E-state index contributed by atoms with van der Waals surface area (Å²) < 4.78 is 5.19. The molecular weight excluding hydrogens is 379 g/mol. The lowest BCUT2D eigenvalue weighted by atomic mass is 10.1. The molecule has 0 N–H and O–H groups in total. The average molecular weight is 404 g/mol. The van der Waals surface area contributed by atoms with E-state index < -0.39 is 12.9 Å². The van der Waals surface area contributed by atoms with Gasteiger partial charge in [-0.3, -0.25) is 4.79 Å². The number of carbonyl (C=O) groups excluding carboxylic acids is 2. The summed E-state index contributed by atoms with van der Waals surface area (Å²) in [6, 6.07) is 29.5. The summed E-state index contributed by atoms with van der Waals surface area (Å²) in [6.45, 7) is 0.887. The predicted octanol–water partition coefficient (Wildman–Crippen LogP) is 3.55. The molecule has 0 radical (unpaired) electrons. The van der Waals surface area contributed by atoms with Gasteiger partial charge in [0.15, 0.2) is 5.78 Å². The first kappa shape index (κ1) is 20.8. The van der Waals surface area contributed by atoms with Crippen molar-refractivity contribution >= 4 is 39.8 Å². The van der Waals surface area contributed by atoms with Crippen molar-refractivity contribution in [3.05, 3.63) is 91.0 Å². The molecular formula is C25H25O3P. The maximum absolute atomic E-state index is 13.5. The number of rotatable bonds is 6. The van der Waals surface area contributed by atoms with E-state index in [2.05, 4.69) is 0 Å². The van der Waals surface area contributed by atoms with Crippen LogP contribution in [0.15, 0.2) is 91.0 Å². The molecule has 0 aromatic heterocycles. The SMILES string of the molecule is COC(=O)C(C(=O)C(C)C)=P(c1ccccc1)(c1ccccc1)c1ccccc1. The summed E-state index contributed by atoms with van der Waals surface area (Å²) >= 11 is 0. The van der Waals surface area contributed by atoms with Crippen molar-refractivity contribution in [1.82, 2.24) is 0 Å². The van der Waals surface area contributed by atoms with E-state index in [0.717, 1.165) is 15.9 Å². The number of ether oxygens (including phenoxy) is 1. The van der Waals surface area contributed by atoms with Crippen molar-refractivity contribution in [2.45, 2.75) is 13.8 Å². The van der Waals surface area contributed by atoms with Gasteiger partial charge < -0.3 is 4.74 Å². The highest BCUT2D eigenvalue weighted by Gasteiger charge is 2.37. The highest BCUT2D eigenvalue weighted by Crippen LogP contribution is 2.47. The third kappa shape index (κ3) is 3.83. The van der Waals surface area contributed by atoms with Gasteiger partial charge >= 0.3 is 5.97 Å². The smallest absolute Gasteiger partial charge is 0.342 e. The molecule has 3 aromatic carbocycles. The highest BCUT2D eigenvalue weighted by molar-refractivity contribution is 7.97. The van der Waals surface area contributed by atoms with Gasteiger partial charge in [0.2, 0.25) is 0 Å². The Bertz CT molecular complexity index is 936. The van der Waals surface area contributed by atoms with Gasteiger partial charge in [0, 0.05) is 5.92 Å². The first-order valence-electron chi connectivity index (χ1n) is 9.59. The highest BCUT2D eigenvalue weighted by atomic mass is 31.2.